The lowest BCUT2D eigenvalue weighted by molar-refractivity contribution is -0.115. The smallest absolute Gasteiger partial charge is 0.371 e. The number of carbonyl (C=O) groups excluding carboxylic acids is 1. The third-order valence-corrected chi connectivity index (χ3v) is 5.60. The molecule has 2 N–H and O–H groups in total. The molecule has 1 aromatic heterocycles. The molecule has 4 rings (SSSR count). The van der Waals surface area contributed by atoms with Gasteiger partial charge in [0.25, 0.3) is 5.91 Å². The van der Waals surface area contributed by atoms with Crippen LogP contribution in [0, 0.1) is 6.92 Å². The summed E-state index contributed by atoms with van der Waals surface area (Å²) in [4.78, 5) is 28.4. The van der Waals surface area contributed by atoms with Crippen LogP contribution in [0.1, 0.15) is 34.4 Å². The quantitative estimate of drug-likeness (QED) is 0.431. The Morgan fingerprint density at radius 1 is 1.15 bits per heavy atom. The molecule has 1 saturated heterocycles. The van der Waals surface area contributed by atoms with Gasteiger partial charge in [-0.1, -0.05) is 18.2 Å². The molecule has 0 unspecified atom stereocenters. The summed E-state index contributed by atoms with van der Waals surface area (Å²) in [5.41, 5.74) is 2.62. The van der Waals surface area contributed by atoms with Crippen molar-refractivity contribution in [1.29, 1.82) is 0 Å². The number of ether oxygens (including phenoxy) is 2. The Balaban J connectivity index is 1.49. The number of rotatable bonds is 8. The Morgan fingerprint density at radius 3 is 2.74 bits per heavy atom. The molecule has 0 atom stereocenters. The molecular weight excluding hydrogens is 456 g/mol. The van der Waals surface area contributed by atoms with Crippen molar-refractivity contribution < 1.29 is 28.6 Å². The number of carboxylic acid groups (broad SMARTS) is 1. The number of furan rings is 1. The first kappa shape index (κ1) is 23.2. The zero-order valence-corrected chi connectivity index (χ0v) is 19.3. The van der Waals surface area contributed by atoms with Gasteiger partial charge >= 0.3 is 5.97 Å². The van der Waals surface area contributed by atoms with Crippen LogP contribution in [-0.4, -0.2) is 28.8 Å². The van der Waals surface area contributed by atoms with E-state index in [4.69, 9.17) is 19.0 Å². The van der Waals surface area contributed by atoms with Gasteiger partial charge in [-0.25, -0.2) is 9.79 Å². The largest absolute Gasteiger partial charge is 0.490 e. The topological polar surface area (TPSA) is 110 Å². The molecule has 8 nitrogen and oxygen atoms in total. The fourth-order valence-electron chi connectivity index (χ4n) is 3.17. The minimum absolute atomic E-state index is 0.0465. The molecule has 2 heterocycles. The average molecular weight is 479 g/mol. The summed E-state index contributed by atoms with van der Waals surface area (Å²) in [5, 5.41) is 12.3. The van der Waals surface area contributed by atoms with Crippen LogP contribution in [0.4, 0.5) is 5.69 Å². The highest BCUT2D eigenvalue weighted by Gasteiger charge is 2.24. The van der Waals surface area contributed by atoms with Gasteiger partial charge in [0, 0.05) is 0 Å². The van der Waals surface area contributed by atoms with Crippen molar-refractivity contribution in [2.24, 2.45) is 4.99 Å². The number of nitrogens with one attached hydrogen (secondary N) is 1. The molecular formula is C25H22N2O6S. The number of hydrogen-bond donors (Lipinski definition) is 2. The molecule has 2 aromatic carbocycles. The molecule has 9 heteroatoms. The normalized spacial score (nSPS) is 15.5. The van der Waals surface area contributed by atoms with Crippen molar-refractivity contribution in [3.8, 4) is 11.5 Å². The molecule has 0 spiro atoms. The Labute approximate surface area is 200 Å². The molecule has 34 heavy (non-hydrogen) atoms. The zero-order valence-electron chi connectivity index (χ0n) is 18.5. The van der Waals surface area contributed by atoms with Gasteiger partial charge in [0.05, 0.1) is 17.2 Å². The van der Waals surface area contributed by atoms with Gasteiger partial charge < -0.3 is 24.3 Å². The maximum absolute atomic E-state index is 12.4. The SMILES string of the molecule is CCOc1cc(C=C2SC(=Nc3cccc(C)c3)NC2=O)ccc1OCc1ccc(C(=O)O)o1. The highest BCUT2D eigenvalue weighted by atomic mass is 32.2. The summed E-state index contributed by atoms with van der Waals surface area (Å²) in [5.74, 6) is -0.156. The summed E-state index contributed by atoms with van der Waals surface area (Å²) in [6.45, 7) is 4.31. The predicted molar refractivity (Wildman–Crippen MR) is 130 cm³/mol. The third kappa shape index (κ3) is 5.68. The first-order valence-electron chi connectivity index (χ1n) is 10.5. The van der Waals surface area contributed by atoms with Gasteiger partial charge in [0.1, 0.15) is 12.4 Å². The van der Waals surface area contributed by atoms with Crippen molar-refractivity contribution >= 4 is 40.6 Å². The van der Waals surface area contributed by atoms with Crippen molar-refractivity contribution in [1.82, 2.24) is 5.32 Å². The third-order valence-electron chi connectivity index (χ3n) is 4.69. The van der Waals surface area contributed by atoms with E-state index in [1.807, 2.05) is 38.1 Å². The van der Waals surface area contributed by atoms with Gasteiger partial charge in [-0.05, 0) is 79.2 Å². The molecule has 0 bridgehead atoms. The Kier molecular flexibility index (Phi) is 7.03. The van der Waals surface area contributed by atoms with E-state index in [1.54, 1.807) is 30.3 Å². The minimum atomic E-state index is -1.14. The summed E-state index contributed by atoms with van der Waals surface area (Å²) in [6.07, 6.45) is 1.76. The molecule has 1 aliphatic heterocycles. The van der Waals surface area contributed by atoms with E-state index in [9.17, 15) is 9.59 Å². The van der Waals surface area contributed by atoms with Gasteiger partial charge in [0.15, 0.2) is 16.7 Å². The fourth-order valence-corrected chi connectivity index (χ4v) is 4.01. The number of amides is 1. The number of carbonyl (C=O) groups is 2. The van der Waals surface area contributed by atoms with Crippen LogP contribution in [0.25, 0.3) is 6.08 Å². The summed E-state index contributed by atoms with van der Waals surface area (Å²) in [7, 11) is 0. The summed E-state index contributed by atoms with van der Waals surface area (Å²) < 4.78 is 16.7. The monoisotopic (exact) mass is 478 g/mol. The van der Waals surface area contributed by atoms with Gasteiger partial charge in [0.2, 0.25) is 5.76 Å². The van der Waals surface area contributed by atoms with Gasteiger partial charge in [-0.3, -0.25) is 4.79 Å². The van der Waals surface area contributed by atoms with E-state index in [2.05, 4.69) is 10.3 Å². The fraction of sp³-hybridized carbons (Fsp3) is 0.160. The maximum atomic E-state index is 12.4. The first-order chi connectivity index (χ1) is 16.4. The van der Waals surface area contributed by atoms with Gasteiger partial charge in [-0.15, -0.1) is 0 Å². The second-order valence-electron chi connectivity index (χ2n) is 7.32. The zero-order chi connectivity index (χ0) is 24.1. The Morgan fingerprint density at radius 2 is 2.00 bits per heavy atom. The van der Waals surface area contributed by atoms with Crippen LogP contribution in [0.5, 0.6) is 11.5 Å². The van der Waals surface area contributed by atoms with E-state index in [1.165, 1.54) is 17.8 Å². The van der Waals surface area contributed by atoms with Crippen LogP contribution in [0.2, 0.25) is 0 Å². The molecule has 0 radical (unpaired) electrons. The number of nitrogens with zero attached hydrogens (tertiary/aromatic N) is 1. The number of aromatic carboxylic acids is 1. The number of aryl methyl sites for hydroxylation is 1. The van der Waals surface area contributed by atoms with Crippen molar-refractivity contribution in [2.75, 3.05) is 6.61 Å². The van der Waals surface area contributed by atoms with Crippen LogP contribution in [-0.2, 0) is 11.4 Å². The van der Waals surface area contributed by atoms with Crippen LogP contribution in [0.3, 0.4) is 0 Å². The predicted octanol–water partition coefficient (Wildman–Crippen LogP) is 5.16. The number of aliphatic imine (C=N–C) groups is 1. The minimum Gasteiger partial charge on any atom is -0.490 e. The molecule has 3 aromatic rings. The Bertz CT molecular complexity index is 1290. The number of thioether (sulfide) groups is 1. The van der Waals surface area contributed by atoms with E-state index in [-0.39, 0.29) is 18.3 Å². The average Bonchev–Trinajstić information content (AvgIpc) is 3.40. The highest BCUT2D eigenvalue weighted by molar-refractivity contribution is 8.18. The molecule has 1 amide bonds. The second-order valence-corrected chi connectivity index (χ2v) is 8.35. The second kappa shape index (κ2) is 10.3. The Hall–Kier alpha value is -3.98. The van der Waals surface area contributed by atoms with Crippen LogP contribution in [0.15, 0.2) is 68.9 Å². The maximum Gasteiger partial charge on any atom is 0.371 e. The van der Waals surface area contributed by atoms with E-state index in [0.29, 0.717) is 33.9 Å². The number of amidine groups is 1. The van der Waals surface area contributed by atoms with E-state index in [0.717, 1.165) is 16.8 Å². The molecule has 0 aliphatic carbocycles. The number of benzene rings is 2. The van der Waals surface area contributed by atoms with E-state index >= 15 is 0 Å². The first-order valence-corrected chi connectivity index (χ1v) is 11.3. The standard InChI is InChI=1S/C25H22N2O6S/c1-3-31-21-12-16(7-9-19(21)32-14-18-8-10-20(33-18)24(29)30)13-22-23(28)27-25(34-22)26-17-6-4-5-15(2)11-17/h4-13H,3,14H2,1-2H3,(H,29,30)(H,26,27,28). The van der Waals surface area contributed by atoms with Crippen molar-refractivity contribution in [2.45, 2.75) is 20.5 Å². The number of carboxylic acids is 1. The molecule has 0 saturated carbocycles. The molecule has 174 valence electrons. The van der Waals surface area contributed by atoms with Crippen LogP contribution < -0.4 is 14.8 Å². The lowest BCUT2D eigenvalue weighted by Crippen LogP contribution is -2.19. The van der Waals surface area contributed by atoms with Crippen molar-refractivity contribution in [3.63, 3.8) is 0 Å². The van der Waals surface area contributed by atoms with Gasteiger partial charge in [-0.2, -0.15) is 0 Å². The lowest BCUT2D eigenvalue weighted by atomic mass is 10.2. The molecule has 1 fully saturated rings. The summed E-state index contributed by atoms with van der Waals surface area (Å²) >= 11 is 1.27. The van der Waals surface area contributed by atoms with Crippen LogP contribution >= 0.6 is 11.8 Å². The molecule has 1 aliphatic rings. The van der Waals surface area contributed by atoms with Crippen molar-refractivity contribution in [3.05, 3.63) is 82.1 Å². The highest BCUT2D eigenvalue weighted by Crippen LogP contribution is 2.33. The van der Waals surface area contributed by atoms with E-state index < -0.39 is 5.97 Å². The lowest BCUT2D eigenvalue weighted by Gasteiger charge is -2.12. The summed E-state index contributed by atoms with van der Waals surface area (Å²) in [6, 6.07) is 16.0. The number of hydrogen-bond acceptors (Lipinski definition) is 7.